The molecule has 0 saturated carbocycles. The fourth-order valence-corrected chi connectivity index (χ4v) is 3.01. The molecule has 0 N–H and O–H groups in total. The molecule has 19 heavy (non-hydrogen) atoms. The number of Topliss-reactive ketones (excluding diaryl/α,β-unsaturated/α-hetero) is 1. The molecule has 0 atom stereocenters. The van der Waals surface area contributed by atoms with Crippen LogP contribution in [0.25, 0.3) is 0 Å². The van der Waals surface area contributed by atoms with E-state index in [1.165, 1.54) is 31.4 Å². The average molecular weight is 302 g/mol. The van der Waals surface area contributed by atoms with Gasteiger partial charge in [0, 0.05) is 23.5 Å². The minimum atomic E-state index is 0.0287. The second kappa shape index (κ2) is 8.70. The zero-order chi connectivity index (χ0) is 14.3. The van der Waals surface area contributed by atoms with E-state index in [0.29, 0.717) is 0 Å². The van der Waals surface area contributed by atoms with Crippen LogP contribution in [0.1, 0.15) is 47.4 Å². The number of rotatable bonds is 9. The Morgan fingerprint density at radius 2 is 1.95 bits per heavy atom. The number of carbonyl (C=O) groups is 1. The van der Waals surface area contributed by atoms with Gasteiger partial charge in [-0.15, -0.1) is 11.6 Å². The fraction of sp³-hybridized carbons (Fsp3) is 0.667. The summed E-state index contributed by atoms with van der Waals surface area (Å²) in [4.78, 5) is 11.7. The van der Waals surface area contributed by atoms with E-state index in [9.17, 15) is 4.79 Å². The van der Waals surface area contributed by atoms with Crippen LogP contribution in [0.15, 0.2) is 6.07 Å². The first-order valence-electron chi connectivity index (χ1n) is 6.86. The maximum atomic E-state index is 11.7. The predicted octanol–water partition coefficient (Wildman–Crippen LogP) is 4.45. The lowest BCUT2D eigenvalue weighted by molar-refractivity contribution is 0.102. The lowest BCUT2D eigenvalue weighted by Gasteiger charge is -2.09. The first-order valence-corrected chi connectivity index (χ1v) is 8.79. The third-order valence-electron chi connectivity index (χ3n) is 3.48. The second-order valence-electron chi connectivity index (χ2n) is 4.90. The Bertz CT molecular complexity index is 415. The van der Waals surface area contributed by atoms with Gasteiger partial charge in [-0.1, -0.05) is 12.8 Å². The molecular formula is C15H24ClNOS. The lowest BCUT2D eigenvalue weighted by atomic mass is 10.2. The molecule has 0 unspecified atom stereocenters. The summed E-state index contributed by atoms with van der Waals surface area (Å²) in [6.07, 6.45) is 7.20. The van der Waals surface area contributed by atoms with Crippen molar-refractivity contribution in [1.29, 1.82) is 0 Å². The second-order valence-corrected chi connectivity index (χ2v) is 6.15. The van der Waals surface area contributed by atoms with E-state index in [1.54, 1.807) is 0 Å². The van der Waals surface area contributed by atoms with Crippen LogP contribution in [0.2, 0.25) is 0 Å². The number of hydrogen-bond acceptors (Lipinski definition) is 2. The summed E-state index contributed by atoms with van der Waals surface area (Å²) in [5, 5.41) is 0. The highest BCUT2D eigenvalue weighted by atomic mass is 35.5. The van der Waals surface area contributed by atoms with Crippen molar-refractivity contribution in [3.8, 4) is 0 Å². The van der Waals surface area contributed by atoms with E-state index in [1.807, 2.05) is 24.8 Å². The molecular weight excluding hydrogens is 278 g/mol. The number of carbonyl (C=O) groups excluding carboxylic acids is 1. The highest BCUT2D eigenvalue weighted by molar-refractivity contribution is 7.98. The molecule has 1 aromatic heterocycles. The molecule has 1 aromatic rings. The van der Waals surface area contributed by atoms with Crippen molar-refractivity contribution in [3.05, 3.63) is 23.0 Å². The number of aryl methyl sites for hydroxylation is 1. The molecule has 4 heteroatoms. The summed E-state index contributed by atoms with van der Waals surface area (Å²) >= 11 is 7.55. The topological polar surface area (TPSA) is 22.0 Å². The van der Waals surface area contributed by atoms with Crippen molar-refractivity contribution in [3.63, 3.8) is 0 Å². The summed E-state index contributed by atoms with van der Waals surface area (Å²) in [5.41, 5.74) is 3.01. The molecule has 2 nitrogen and oxygen atoms in total. The SMILES string of the molecule is CSCCCCCCn1c(C)cc(C(=O)CCl)c1C. The summed E-state index contributed by atoms with van der Waals surface area (Å²) in [7, 11) is 0. The summed E-state index contributed by atoms with van der Waals surface area (Å²) in [5.74, 6) is 1.36. The molecule has 108 valence electrons. The molecule has 0 bridgehead atoms. The van der Waals surface area contributed by atoms with Crippen LogP contribution in [0.3, 0.4) is 0 Å². The van der Waals surface area contributed by atoms with Crippen molar-refractivity contribution in [2.45, 2.75) is 46.1 Å². The average Bonchev–Trinajstić information content (AvgIpc) is 2.69. The molecule has 0 aliphatic carbocycles. The molecule has 0 saturated heterocycles. The van der Waals surface area contributed by atoms with Crippen molar-refractivity contribution in [1.82, 2.24) is 4.57 Å². The molecule has 0 radical (unpaired) electrons. The number of nitrogens with zero attached hydrogens (tertiary/aromatic N) is 1. The van der Waals surface area contributed by atoms with Gasteiger partial charge >= 0.3 is 0 Å². The van der Waals surface area contributed by atoms with E-state index in [-0.39, 0.29) is 11.7 Å². The van der Waals surface area contributed by atoms with Crippen LogP contribution in [0.4, 0.5) is 0 Å². The number of aromatic nitrogens is 1. The maximum absolute atomic E-state index is 11.7. The predicted molar refractivity (Wildman–Crippen MR) is 85.8 cm³/mol. The van der Waals surface area contributed by atoms with Gasteiger partial charge in [0.2, 0.25) is 0 Å². The molecule has 0 spiro atoms. The number of alkyl halides is 1. The van der Waals surface area contributed by atoms with E-state index in [4.69, 9.17) is 11.6 Å². The van der Waals surface area contributed by atoms with Crippen LogP contribution in [0.5, 0.6) is 0 Å². The highest BCUT2D eigenvalue weighted by Crippen LogP contribution is 2.17. The molecule has 1 rings (SSSR count). The third kappa shape index (κ3) is 4.88. The van der Waals surface area contributed by atoms with Crippen LogP contribution in [-0.2, 0) is 6.54 Å². The van der Waals surface area contributed by atoms with Gasteiger partial charge in [-0.05, 0) is 44.8 Å². The first-order chi connectivity index (χ1) is 9.11. The van der Waals surface area contributed by atoms with Gasteiger partial charge in [0.05, 0.1) is 5.88 Å². The Hall–Kier alpha value is -0.410. The maximum Gasteiger partial charge on any atom is 0.179 e. The normalized spacial score (nSPS) is 10.9. The van der Waals surface area contributed by atoms with Gasteiger partial charge in [-0.25, -0.2) is 0 Å². The monoisotopic (exact) mass is 301 g/mol. The van der Waals surface area contributed by atoms with Crippen molar-refractivity contribution in [2.24, 2.45) is 0 Å². The largest absolute Gasteiger partial charge is 0.348 e. The smallest absolute Gasteiger partial charge is 0.179 e. The van der Waals surface area contributed by atoms with Crippen LogP contribution >= 0.6 is 23.4 Å². The Labute approximate surface area is 125 Å². The molecule has 0 aliphatic rings. The number of halogens is 1. The fourth-order valence-electron chi connectivity index (χ4n) is 2.37. The van der Waals surface area contributed by atoms with Gasteiger partial charge in [-0.2, -0.15) is 11.8 Å². The summed E-state index contributed by atoms with van der Waals surface area (Å²) < 4.78 is 2.24. The zero-order valence-electron chi connectivity index (χ0n) is 12.2. The Kier molecular flexibility index (Phi) is 7.62. The van der Waals surface area contributed by atoms with Gasteiger partial charge in [0.15, 0.2) is 5.78 Å². The minimum absolute atomic E-state index is 0.0287. The molecule has 0 fully saturated rings. The minimum Gasteiger partial charge on any atom is -0.348 e. The third-order valence-corrected chi connectivity index (χ3v) is 4.42. The summed E-state index contributed by atoms with van der Waals surface area (Å²) in [6.45, 7) is 5.08. The number of ketones is 1. The van der Waals surface area contributed by atoms with Crippen molar-refractivity contribution >= 4 is 29.1 Å². The van der Waals surface area contributed by atoms with Gasteiger partial charge < -0.3 is 4.57 Å². The number of hydrogen-bond donors (Lipinski definition) is 0. The standard InChI is InChI=1S/C15H24ClNOS/c1-12-10-14(15(18)11-16)13(2)17(12)8-6-4-5-7-9-19-3/h10H,4-9,11H2,1-3H3. The Morgan fingerprint density at radius 1 is 1.26 bits per heavy atom. The number of thioether (sulfide) groups is 1. The molecule has 0 aliphatic heterocycles. The first kappa shape index (κ1) is 16.6. The van der Waals surface area contributed by atoms with E-state index >= 15 is 0 Å². The number of unbranched alkanes of at least 4 members (excludes halogenated alkanes) is 3. The molecule has 1 heterocycles. The zero-order valence-corrected chi connectivity index (χ0v) is 13.7. The van der Waals surface area contributed by atoms with Crippen LogP contribution in [-0.4, -0.2) is 28.2 Å². The van der Waals surface area contributed by atoms with Gasteiger partial charge in [-0.3, -0.25) is 4.79 Å². The molecule has 0 amide bonds. The van der Waals surface area contributed by atoms with Crippen molar-refractivity contribution in [2.75, 3.05) is 17.9 Å². The van der Waals surface area contributed by atoms with Crippen molar-refractivity contribution < 1.29 is 4.79 Å². The van der Waals surface area contributed by atoms with E-state index < -0.39 is 0 Å². The Morgan fingerprint density at radius 3 is 2.58 bits per heavy atom. The highest BCUT2D eigenvalue weighted by Gasteiger charge is 2.14. The van der Waals surface area contributed by atoms with Crippen LogP contribution in [0, 0.1) is 13.8 Å². The summed E-state index contributed by atoms with van der Waals surface area (Å²) in [6, 6.07) is 1.97. The van der Waals surface area contributed by atoms with Gasteiger partial charge in [0.1, 0.15) is 0 Å². The van der Waals surface area contributed by atoms with Gasteiger partial charge in [0.25, 0.3) is 0 Å². The van der Waals surface area contributed by atoms with E-state index in [0.717, 1.165) is 23.5 Å². The van der Waals surface area contributed by atoms with Crippen LogP contribution < -0.4 is 0 Å². The lowest BCUT2D eigenvalue weighted by Crippen LogP contribution is -2.06. The molecule has 0 aromatic carbocycles. The quantitative estimate of drug-likeness (QED) is 0.382. The Balaban J connectivity index is 2.50. The van der Waals surface area contributed by atoms with E-state index in [2.05, 4.69) is 17.7 Å².